The average molecular weight is 481 g/mol. The summed E-state index contributed by atoms with van der Waals surface area (Å²) in [6, 6.07) is 5.36. The molecule has 10 nitrogen and oxygen atoms in total. The number of pyridine rings is 2. The van der Waals surface area contributed by atoms with Gasteiger partial charge in [0, 0.05) is 18.0 Å². The fourth-order valence-corrected chi connectivity index (χ4v) is 3.59. The molecule has 1 aliphatic carbocycles. The Bertz CT molecular complexity index is 1390. The van der Waals surface area contributed by atoms with E-state index < -0.39 is 11.8 Å². The maximum Gasteiger partial charge on any atom is 0.274 e. The maximum atomic E-state index is 13.3. The molecule has 0 aromatic carbocycles. The Morgan fingerprint density at radius 1 is 1.34 bits per heavy atom. The zero-order valence-electron chi connectivity index (χ0n) is 19.5. The Labute approximate surface area is 200 Å². The van der Waals surface area contributed by atoms with Gasteiger partial charge < -0.3 is 19.7 Å². The first kappa shape index (κ1) is 23.1. The van der Waals surface area contributed by atoms with Gasteiger partial charge in [0.25, 0.3) is 5.91 Å². The second-order valence-electron chi connectivity index (χ2n) is 9.34. The smallest absolute Gasteiger partial charge is 0.274 e. The molecule has 182 valence electrons. The molecule has 4 aromatic rings. The van der Waals surface area contributed by atoms with E-state index in [1.165, 1.54) is 6.20 Å². The van der Waals surface area contributed by atoms with Crippen molar-refractivity contribution < 1.29 is 23.6 Å². The number of carbonyl (C=O) groups excluding carboxylic acids is 1. The van der Waals surface area contributed by atoms with Crippen LogP contribution in [-0.2, 0) is 11.3 Å². The number of ether oxygens (including phenoxy) is 1. The molecule has 0 unspecified atom stereocenters. The molecule has 0 aliphatic heterocycles. The number of fused-ring (bicyclic) bond motifs is 1. The first-order valence-electron chi connectivity index (χ1n) is 11.2. The van der Waals surface area contributed by atoms with Crippen LogP contribution in [0.4, 0.5) is 10.1 Å². The molecular weight excluding hydrogens is 455 g/mol. The van der Waals surface area contributed by atoms with Crippen molar-refractivity contribution in [1.29, 1.82) is 0 Å². The van der Waals surface area contributed by atoms with Gasteiger partial charge in [-0.25, -0.2) is 9.37 Å². The largest absolute Gasteiger partial charge is 0.388 e. The third-order valence-electron chi connectivity index (χ3n) is 5.60. The summed E-state index contributed by atoms with van der Waals surface area (Å²) in [5.74, 6) is -0.138. The molecule has 5 rings (SSSR count). The number of nitrogens with zero attached hydrogens (tertiary/aromatic N) is 5. The van der Waals surface area contributed by atoms with Crippen LogP contribution < -0.4 is 5.32 Å². The minimum absolute atomic E-state index is 0.203. The lowest BCUT2D eigenvalue weighted by Crippen LogP contribution is -2.25. The van der Waals surface area contributed by atoms with Crippen molar-refractivity contribution in [2.24, 2.45) is 0 Å². The molecule has 11 heteroatoms. The van der Waals surface area contributed by atoms with Crippen LogP contribution >= 0.6 is 0 Å². The van der Waals surface area contributed by atoms with E-state index in [4.69, 9.17) is 9.26 Å². The summed E-state index contributed by atoms with van der Waals surface area (Å²) in [6.45, 7) is 5.65. The minimum Gasteiger partial charge on any atom is -0.388 e. The van der Waals surface area contributed by atoms with E-state index in [9.17, 15) is 14.3 Å². The van der Waals surface area contributed by atoms with Gasteiger partial charge in [0.05, 0.1) is 42.3 Å². The lowest BCUT2D eigenvalue weighted by Gasteiger charge is -2.16. The fraction of sp³-hybridized carbons (Fsp3) is 0.375. The number of hydrogen-bond donors (Lipinski definition) is 2. The number of aromatic nitrogens is 5. The Hall–Kier alpha value is -3.70. The van der Waals surface area contributed by atoms with Crippen LogP contribution in [0.25, 0.3) is 17.0 Å². The van der Waals surface area contributed by atoms with E-state index in [1.54, 1.807) is 43.6 Å². The summed E-state index contributed by atoms with van der Waals surface area (Å²) in [4.78, 5) is 26.0. The monoisotopic (exact) mass is 480 g/mol. The van der Waals surface area contributed by atoms with E-state index in [0.717, 1.165) is 5.56 Å². The highest BCUT2D eigenvalue weighted by molar-refractivity contribution is 6.04. The normalized spacial score (nSPS) is 17.6. The number of nitrogens with one attached hydrogen (secondary N) is 1. The zero-order valence-corrected chi connectivity index (χ0v) is 19.5. The molecular formula is C24H25FN6O4. The SMILES string of the molecule is Cc1ncc(-c2noc([C@H]3C[C@@H]3F)n2)cc1NC(=O)c1cnc2cc(COCC(C)(C)O)ccn12. The van der Waals surface area contributed by atoms with Crippen LogP contribution in [0.1, 0.15) is 53.8 Å². The lowest BCUT2D eigenvalue weighted by atomic mass is 10.2. The number of aryl methyl sites for hydroxylation is 1. The van der Waals surface area contributed by atoms with Gasteiger partial charge >= 0.3 is 0 Å². The Kier molecular flexibility index (Phi) is 5.81. The Morgan fingerprint density at radius 3 is 2.89 bits per heavy atom. The third-order valence-corrected chi connectivity index (χ3v) is 5.60. The molecule has 35 heavy (non-hydrogen) atoms. The summed E-state index contributed by atoms with van der Waals surface area (Å²) in [7, 11) is 0. The number of aliphatic hydroxyl groups is 1. The molecule has 1 fully saturated rings. The van der Waals surface area contributed by atoms with Crippen molar-refractivity contribution >= 4 is 17.2 Å². The second-order valence-corrected chi connectivity index (χ2v) is 9.34. The molecule has 1 amide bonds. The summed E-state index contributed by atoms with van der Waals surface area (Å²) in [5, 5.41) is 16.6. The van der Waals surface area contributed by atoms with Gasteiger partial charge in [0.15, 0.2) is 0 Å². The number of imidazole rings is 1. The number of halogens is 1. The summed E-state index contributed by atoms with van der Waals surface area (Å²) < 4.78 is 25.7. The highest BCUT2D eigenvalue weighted by Gasteiger charge is 2.43. The van der Waals surface area contributed by atoms with Crippen molar-refractivity contribution in [3.63, 3.8) is 0 Å². The Balaban J connectivity index is 1.31. The predicted octanol–water partition coefficient (Wildman–Crippen LogP) is 3.45. The number of alkyl halides is 1. The van der Waals surface area contributed by atoms with Crippen molar-refractivity contribution in [1.82, 2.24) is 24.5 Å². The van der Waals surface area contributed by atoms with Crippen molar-refractivity contribution in [2.45, 2.75) is 51.5 Å². The van der Waals surface area contributed by atoms with Crippen LogP contribution in [0.3, 0.4) is 0 Å². The van der Waals surface area contributed by atoms with Gasteiger partial charge in [-0.1, -0.05) is 5.16 Å². The molecule has 0 spiro atoms. The van der Waals surface area contributed by atoms with E-state index in [2.05, 4.69) is 25.4 Å². The van der Waals surface area contributed by atoms with Gasteiger partial charge in [-0.3, -0.25) is 14.2 Å². The molecule has 1 aliphatic rings. The number of carbonyl (C=O) groups is 1. The molecule has 2 N–H and O–H groups in total. The van der Waals surface area contributed by atoms with Gasteiger partial charge in [-0.05, 0) is 51.0 Å². The second kappa shape index (κ2) is 8.82. The van der Waals surface area contributed by atoms with Crippen molar-refractivity contribution in [3.8, 4) is 11.4 Å². The predicted molar refractivity (Wildman–Crippen MR) is 124 cm³/mol. The Morgan fingerprint density at radius 2 is 2.14 bits per heavy atom. The van der Waals surface area contributed by atoms with Gasteiger partial charge in [-0.2, -0.15) is 4.98 Å². The van der Waals surface area contributed by atoms with Crippen LogP contribution in [0, 0.1) is 6.92 Å². The number of rotatable bonds is 8. The van der Waals surface area contributed by atoms with Crippen LogP contribution in [0.5, 0.6) is 0 Å². The molecule has 4 aromatic heterocycles. The highest BCUT2D eigenvalue weighted by Crippen LogP contribution is 2.43. The molecule has 1 saturated carbocycles. The van der Waals surface area contributed by atoms with Crippen LogP contribution in [0.2, 0.25) is 0 Å². The van der Waals surface area contributed by atoms with Gasteiger partial charge in [0.2, 0.25) is 11.7 Å². The molecule has 4 heterocycles. The summed E-state index contributed by atoms with van der Waals surface area (Å²) >= 11 is 0. The van der Waals surface area contributed by atoms with Gasteiger partial charge in [0.1, 0.15) is 17.5 Å². The quantitative estimate of drug-likeness (QED) is 0.393. The topological polar surface area (TPSA) is 128 Å². The third kappa shape index (κ3) is 5.05. The average Bonchev–Trinajstić information content (AvgIpc) is 3.19. The summed E-state index contributed by atoms with van der Waals surface area (Å²) in [5.41, 5.74) is 2.54. The molecule has 0 radical (unpaired) electrons. The highest BCUT2D eigenvalue weighted by atomic mass is 19.1. The van der Waals surface area contributed by atoms with Crippen LogP contribution in [-0.4, -0.2) is 53.9 Å². The summed E-state index contributed by atoms with van der Waals surface area (Å²) in [6.07, 6.45) is 4.28. The molecule has 0 bridgehead atoms. The minimum atomic E-state index is -0.934. The van der Waals surface area contributed by atoms with E-state index in [0.29, 0.717) is 41.3 Å². The number of amides is 1. The van der Waals surface area contributed by atoms with E-state index >= 15 is 0 Å². The van der Waals surface area contributed by atoms with Crippen LogP contribution in [0.15, 0.2) is 41.3 Å². The number of hydrogen-bond acceptors (Lipinski definition) is 8. The lowest BCUT2D eigenvalue weighted by molar-refractivity contribution is -0.0268. The molecule has 2 atom stereocenters. The van der Waals surface area contributed by atoms with E-state index in [1.807, 2.05) is 12.1 Å². The van der Waals surface area contributed by atoms with Gasteiger partial charge in [-0.15, -0.1) is 0 Å². The first-order valence-corrected chi connectivity index (χ1v) is 11.2. The standard InChI is InChI=1S/C24H25FN6O4/c1-13-18(7-15(9-26-13)21-29-23(35-30-21)16-8-17(16)25)28-22(32)19-10-27-20-6-14(4-5-31(19)20)11-34-12-24(2,3)33/h4-7,9-10,16-17,33H,8,11-12H2,1-3H3,(H,28,32)/t16-,17-/m0/s1. The molecule has 0 saturated heterocycles. The van der Waals surface area contributed by atoms with Crippen molar-refractivity contribution in [3.05, 3.63) is 59.6 Å². The first-order chi connectivity index (χ1) is 16.7. The van der Waals surface area contributed by atoms with E-state index in [-0.39, 0.29) is 30.1 Å². The number of anilines is 1. The maximum absolute atomic E-state index is 13.3. The zero-order chi connectivity index (χ0) is 24.7. The fourth-order valence-electron chi connectivity index (χ4n) is 3.59. The van der Waals surface area contributed by atoms with Crippen molar-refractivity contribution in [2.75, 3.05) is 11.9 Å².